The molecule has 212 valence electrons. The lowest BCUT2D eigenvalue weighted by Crippen LogP contribution is -2.50. The Balaban J connectivity index is 1.34. The highest BCUT2D eigenvalue weighted by atomic mass is 19.4. The highest BCUT2D eigenvalue weighted by Crippen LogP contribution is 2.47. The van der Waals surface area contributed by atoms with Crippen LogP contribution >= 0.6 is 0 Å². The van der Waals surface area contributed by atoms with Crippen LogP contribution in [0, 0.1) is 0 Å². The average molecular weight is 558 g/mol. The van der Waals surface area contributed by atoms with Crippen molar-refractivity contribution in [1.82, 2.24) is 20.1 Å². The maximum Gasteiger partial charge on any atom is 0.416 e. The molecular formula is C29H31F4N5O2. The quantitative estimate of drug-likeness (QED) is 0.385. The summed E-state index contributed by atoms with van der Waals surface area (Å²) in [5.41, 5.74) is -0.545. The zero-order valence-corrected chi connectivity index (χ0v) is 22.6. The molecule has 2 aromatic carbocycles. The molecule has 1 aliphatic carbocycles. The molecule has 40 heavy (non-hydrogen) atoms. The summed E-state index contributed by atoms with van der Waals surface area (Å²) in [4.78, 5) is 15.0. The minimum Gasteiger partial charge on any atom is -0.379 e. The second-order valence-corrected chi connectivity index (χ2v) is 11.6. The number of halogens is 4. The van der Waals surface area contributed by atoms with Crippen LogP contribution < -0.4 is 10.2 Å². The summed E-state index contributed by atoms with van der Waals surface area (Å²) in [6, 6.07) is 9.16. The van der Waals surface area contributed by atoms with Crippen molar-refractivity contribution >= 4 is 11.6 Å². The number of anilines is 1. The standard InChI is InChI=1S/C29H31F4N5O2/c1-17(35-27(2)8-5-9-27)18-10-21-22(23(11-18)29(31,32)33)13-38(26(21)39)20-7-4-6-19(12-20)28(14-40-15-28)24(30)25-36-34-16-37(25)3/h4,6-7,10-12,16-17,24,35H,5,8-9,13-15H2,1-3H3. The number of hydrogen-bond acceptors (Lipinski definition) is 5. The number of hydrogen-bond donors (Lipinski definition) is 1. The van der Waals surface area contributed by atoms with Gasteiger partial charge in [0.2, 0.25) is 0 Å². The lowest BCUT2D eigenvalue weighted by atomic mass is 9.74. The molecular weight excluding hydrogens is 526 g/mol. The van der Waals surface area contributed by atoms with Gasteiger partial charge in [-0.2, -0.15) is 13.2 Å². The van der Waals surface area contributed by atoms with Crippen LogP contribution in [0.15, 0.2) is 42.7 Å². The van der Waals surface area contributed by atoms with Gasteiger partial charge in [-0.05, 0) is 74.1 Å². The summed E-state index contributed by atoms with van der Waals surface area (Å²) >= 11 is 0. The number of carbonyl (C=O) groups is 1. The van der Waals surface area contributed by atoms with Crippen LogP contribution in [0.25, 0.3) is 0 Å². The number of amides is 1. The first-order valence-corrected chi connectivity index (χ1v) is 13.4. The molecule has 1 saturated carbocycles. The summed E-state index contributed by atoms with van der Waals surface area (Å²) in [6.07, 6.45) is -1.73. The second kappa shape index (κ2) is 9.37. The summed E-state index contributed by atoms with van der Waals surface area (Å²) in [5, 5.41) is 11.1. The minimum atomic E-state index is -4.62. The lowest BCUT2D eigenvalue weighted by Gasteiger charge is -2.43. The number of carbonyl (C=O) groups excluding carboxylic acids is 1. The zero-order valence-electron chi connectivity index (χ0n) is 22.6. The van der Waals surface area contributed by atoms with Crippen molar-refractivity contribution in [1.29, 1.82) is 0 Å². The van der Waals surface area contributed by atoms with E-state index >= 15 is 4.39 Å². The molecule has 0 bridgehead atoms. The molecule has 1 aromatic heterocycles. The molecule has 2 atom stereocenters. The van der Waals surface area contributed by atoms with Crippen molar-refractivity contribution in [2.45, 2.75) is 69.0 Å². The number of aryl methyl sites for hydroxylation is 1. The minimum absolute atomic E-state index is 0.0437. The smallest absolute Gasteiger partial charge is 0.379 e. The van der Waals surface area contributed by atoms with Crippen molar-refractivity contribution < 1.29 is 27.1 Å². The summed E-state index contributed by atoms with van der Waals surface area (Å²) in [5.74, 6) is -0.357. The Bertz CT molecular complexity index is 1460. The van der Waals surface area contributed by atoms with Crippen LogP contribution in [0.3, 0.4) is 0 Å². The summed E-state index contributed by atoms with van der Waals surface area (Å²) in [7, 11) is 1.65. The monoisotopic (exact) mass is 557 g/mol. The number of benzene rings is 2. The van der Waals surface area contributed by atoms with Crippen molar-refractivity contribution in [3.8, 4) is 0 Å². The Kier molecular flexibility index (Phi) is 6.30. The van der Waals surface area contributed by atoms with Crippen molar-refractivity contribution in [2.24, 2.45) is 7.05 Å². The molecule has 3 aromatic rings. The fraction of sp³-hybridized carbons (Fsp3) is 0.483. The maximum atomic E-state index is 15.9. The molecule has 1 N–H and O–H groups in total. The fourth-order valence-corrected chi connectivity index (χ4v) is 6.13. The first-order valence-electron chi connectivity index (χ1n) is 13.4. The molecule has 6 rings (SSSR count). The van der Waals surface area contributed by atoms with Crippen molar-refractivity contribution in [3.05, 3.63) is 76.4 Å². The van der Waals surface area contributed by atoms with Gasteiger partial charge in [0.25, 0.3) is 5.91 Å². The van der Waals surface area contributed by atoms with Gasteiger partial charge in [0.15, 0.2) is 12.0 Å². The predicted molar refractivity (Wildman–Crippen MR) is 140 cm³/mol. The number of aromatic nitrogens is 3. The van der Waals surface area contributed by atoms with E-state index in [1.54, 1.807) is 37.4 Å². The Morgan fingerprint density at radius 3 is 2.48 bits per heavy atom. The highest BCUT2D eigenvalue weighted by molar-refractivity contribution is 6.10. The molecule has 1 saturated heterocycles. The average Bonchev–Trinajstić information content (AvgIpc) is 3.44. The van der Waals surface area contributed by atoms with Gasteiger partial charge in [0.05, 0.1) is 30.7 Å². The Morgan fingerprint density at radius 1 is 1.15 bits per heavy atom. The Hall–Kier alpha value is -3.31. The van der Waals surface area contributed by atoms with Crippen LogP contribution in [0.4, 0.5) is 23.2 Å². The number of fused-ring (bicyclic) bond motifs is 1. The molecule has 1 amide bonds. The zero-order chi connectivity index (χ0) is 28.4. The van der Waals surface area contributed by atoms with E-state index in [0.29, 0.717) is 16.8 Å². The third-order valence-corrected chi connectivity index (χ3v) is 8.80. The van der Waals surface area contributed by atoms with E-state index in [2.05, 4.69) is 22.4 Å². The third-order valence-electron chi connectivity index (χ3n) is 8.80. The first kappa shape index (κ1) is 26.9. The fourth-order valence-electron chi connectivity index (χ4n) is 6.13. The van der Waals surface area contributed by atoms with Gasteiger partial charge in [-0.3, -0.25) is 4.79 Å². The van der Waals surface area contributed by atoms with E-state index in [1.807, 2.05) is 6.92 Å². The van der Waals surface area contributed by atoms with E-state index in [1.165, 1.54) is 21.9 Å². The molecule has 11 heteroatoms. The van der Waals surface area contributed by atoms with Crippen LogP contribution in [0.1, 0.15) is 83.8 Å². The Morgan fingerprint density at radius 2 is 1.90 bits per heavy atom. The molecule has 0 spiro atoms. The number of ether oxygens (including phenoxy) is 1. The van der Waals surface area contributed by atoms with Gasteiger partial charge in [-0.1, -0.05) is 12.1 Å². The van der Waals surface area contributed by atoms with E-state index in [4.69, 9.17) is 4.74 Å². The van der Waals surface area contributed by atoms with Crippen molar-refractivity contribution in [3.63, 3.8) is 0 Å². The second-order valence-electron chi connectivity index (χ2n) is 11.6. The van der Waals surface area contributed by atoms with Crippen molar-refractivity contribution in [2.75, 3.05) is 18.1 Å². The van der Waals surface area contributed by atoms with E-state index in [0.717, 1.165) is 19.3 Å². The van der Waals surface area contributed by atoms with Gasteiger partial charge < -0.3 is 19.5 Å². The largest absolute Gasteiger partial charge is 0.416 e. The topological polar surface area (TPSA) is 72.3 Å². The molecule has 2 fully saturated rings. The molecule has 3 aliphatic rings. The number of alkyl halides is 4. The number of nitrogens with one attached hydrogen (secondary N) is 1. The van der Waals surface area contributed by atoms with Gasteiger partial charge in [0.1, 0.15) is 6.33 Å². The lowest BCUT2D eigenvalue weighted by molar-refractivity contribution is -0.138. The molecule has 2 aliphatic heterocycles. The normalized spacial score (nSPS) is 21.0. The van der Waals surface area contributed by atoms with Gasteiger partial charge >= 0.3 is 6.18 Å². The molecule has 7 nitrogen and oxygen atoms in total. The van der Waals surface area contributed by atoms with Crippen LogP contribution in [0.2, 0.25) is 0 Å². The van der Waals surface area contributed by atoms with Crippen LogP contribution in [-0.4, -0.2) is 39.4 Å². The summed E-state index contributed by atoms with van der Waals surface area (Å²) in [6.45, 7) is 3.88. The SMILES string of the molecule is CC(NC1(C)CCC1)c1cc2c(c(C(F)(F)F)c1)CN(c1cccc(C3(C(F)c4nncn4C)COC3)c1)C2=O. The molecule has 3 heterocycles. The summed E-state index contributed by atoms with van der Waals surface area (Å²) < 4.78 is 65.6. The molecule has 2 unspecified atom stereocenters. The van der Waals surface area contributed by atoms with E-state index < -0.39 is 29.2 Å². The van der Waals surface area contributed by atoms with Gasteiger partial charge in [-0.25, -0.2) is 4.39 Å². The third kappa shape index (κ3) is 4.30. The van der Waals surface area contributed by atoms with E-state index in [9.17, 15) is 18.0 Å². The number of rotatable bonds is 7. The first-order chi connectivity index (χ1) is 18.9. The number of nitrogens with zero attached hydrogens (tertiary/aromatic N) is 4. The van der Waals surface area contributed by atoms with Crippen LogP contribution in [0.5, 0.6) is 0 Å². The highest BCUT2D eigenvalue weighted by Gasteiger charge is 2.51. The van der Waals surface area contributed by atoms with Gasteiger partial charge in [-0.15, -0.1) is 10.2 Å². The maximum absolute atomic E-state index is 15.9. The van der Waals surface area contributed by atoms with E-state index in [-0.39, 0.29) is 48.3 Å². The van der Waals surface area contributed by atoms with Gasteiger partial charge in [0, 0.05) is 29.9 Å². The predicted octanol–water partition coefficient (Wildman–Crippen LogP) is 5.57. The van der Waals surface area contributed by atoms with Crippen LogP contribution in [-0.2, 0) is 29.9 Å². The Labute approximate surface area is 229 Å². The molecule has 0 radical (unpaired) electrons.